The van der Waals surface area contributed by atoms with Gasteiger partial charge in [-0.1, -0.05) is 32.9 Å². The highest BCUT2D eigenvalue weighted by molar-refractivity contribution is 5.84. The summed E-state index contributed by atoms with van der Waals surface area (Å²) < 4.78 is 0. The average Bonchev–Trinajstić information content (AvgIpc) is 2.14. The van der Waals surface area contributed by atoms with E-state index >= 15 is 0 Å². The molecule has 0 heterocycles. The first kappa shape index (κ1) is 9.95. The van der Waals surface area contributed by atoms with E-state index in [0.717, 1.165) is 19.3 Å². The maximum atomic E-state index is 12.0. The lowest BCUT2D eigenvalue weighted by Crippen LogP contribution is -2.44. The van der Waals surface area contributed by atoms with Crippen LogP contribution in [0.1, 0.15) is 40.0 Å². The monoisotopic (exact) mass is 192 g/mol. The maximum Gasteiger partial charge on any atom is 0.139 e. The third-order valence-corrected chi connectivity index (χ3v) is 4.12. The zero-order valence-corrected chi connectivity index (χ0v) is 9.42. The molecule has 1 fully saturated rings. The van der Waals surface area contributed by atoms with Gasteiger partial charge in [0.1, 0.15) is 5.78 Å². The van der Waals surface area contributed by atoms with Crippen LogP contribution in [0.15, 0.2) is 12.2 Å². The van der Waals surface area contributed by atoms with E-state index in [9.17, 15) is 4.79 Å². The summed E-state index contributed by atoms with van der Waals surface area (Å²) in [5.41, 5.74) is 0.350. The molecule has 0 N–H and O–H groups in total. The minimum absolute atomic E-state index is 0.276. The van der Waals surface area contributed by atoms with Crippen LogP contribution in [0, 0.1) is 23.2 Å². The van der Waals surface area contributed by atoms with Gasteiger partial charge in [-0.2, -0.15) is 0 Å². The molecule has 3 atom stereocenters. The van der Waals surface area contributed by atoms with Gasteiger partial charge in [-0.05, 0) is 30.6 Å². The standard InChI is InChI=1S/C13H20O/c1-9-8-13(2,3)11-7-5-4-6-10(11)12(9)14/h4-5,9-11H,6-8H2,1-3H3/t9?,10-,11+/m0/s1. The lowest BCUT2D eigenvalue weighted by atomic mass is 9.57. The van der Waals surface area contributed by atoms with Gasteiger partial charge in [0.05, 0.1) is 0 Å². The molecule has 0 aliphatic heterocycles. The van der Waals surface area contributed by atoms with Crippen molar-refractivity contribution in [2.24, 2.45) is 23.2 Å². The number of hydrogen-bond donors (Lipinski definition) is 0. The van der Waals surface area contributed by atoms with Crippen molar-refractivity contribution in [2.75, 3.05) is 0 Å². The Labute approximate surface area is 86.6 Å². The largest absolute Gasteiger partial charge is 0.299 e. The molecular weight excluding hydrogens is 172 g/mol. The van der Waals surface area contributed by atoms with Crippen LogP contribution in [-0.4, -0.2) is 5.78 Å². The molecule has 0 aromatic carbocycles. The smallest absolute Gasteiger partial charge is 0.139 e. The van der Waals surface area contributed by atoms with E-state index in [1.54, 1.807) is 0 Å². The van der Waals surface area contributed by atoms with E-state index in [4.69, 9.17) is 0 Å². The Bertz CT molecular complexity index is 275. The van der Waals surface area contributed by atoms with Crippen LogP contribution in [0.5, 0.6) is 0 Å². The number of rotatable bonds is 0. The van der Waals surface area contributed by atoms with Gasteiger partial charge in [0.15, 0.2) is 0 Å². The van der Waals surface area contributed by atoms with Gasteiger partial charge >= 0.3 is 0 Å². The molecule has 2 aliphatic carbocycles. The molecule has 0 spiro atoms. The summed E-state index contributed by atoms with van der Waals surface area (Å²) in [5.74, 6) is 1.70. The number of hydrogen-bond acceptors (Lipinski definition) is 1. The molecule has 2 rings (SSSR count). The Hall–Kier alpha value is -0.590. The molecule has 0 saturated heterocycles. The first-order valence-corrected chi connectivity index (χ1v) is 5.71. The predicted octanol–water partition coefficient (Wildman–Crippen LogP) is 3.20. The van der Waals surface area contributed by atoms with Gasteiger partial charge in [0.2, 0.25) is 0 Å². The Balaban J connectivity index is 2.30. The third kappa shape index (κ3) is 1.43. The van der Waals surface area contributed by atoms with Crippen molar-refractivity contribution in [3.8, 4) is 0 Å². The van der Waals surface area contributed by atoms with E-state index in [2.05, 4.69) is 32.9 Å². The van der Waals surface area contributed by atoms with Crippen LogP contribution in [0.3, 0.4) is 0 Å². The summed E-state index contributed by atoms with van der Waals surface area (Å²) in [6, 6.07) is 0. The van der Waals surface area contributed by atoms with Gasteiger partial charge in [-0.15, -0.1) is 0 Å². The lowest BCUT2D eigenvalue weighted by molar-refractivity contribution is -0.136. The molecule has 2 aliphatic rings. The fourth-order valence-electron chi connectivity index (χ4n) is 3.40. The van der Waals surface area contributed by atoms with Gasteiger partial charge in [-0.3, -0.25) is 4.79 Å². The van der Waals surface area contributed by atoms with Crippen molar-refractivity contribution in [2.45, 2.75) is 40.0 Å². The Morgan fingerprint density at radius 3 is 2.64 bits per heavy atom. The number of ketones is 1. The number of fused-ring (bicyclic) bond motifs is 1. The molecule has 78 valence electrons. The van der Waals surface area contributed by atoms with Crippen LogP contribution >= 0.6 is 0 Å². The number of Topliss-reactive ketones (excluding diaryl/α,β-unsaturated/α-hetero) is 1. The first-order valence-electron chi connectivity index (χ1n) is 5.71. The zero-order chi connectivity index (χ0) is 10.3. The highest BCUT2D eigenvalue weighted by Crippen LogP contribution is 2.49. The van der Waals surface area contributed by atoms with Crippen LogP contribution in [0.2, 0.25) is 0 Å². The molecule has 0 aromatic rings. The fraction of sp³-hybridized carbons (Fsp3) is 0.769. The van der Waals surface area contributed by atoms with Crippen LogP contribution in [0.4, 0.5) is 0 Å². The van der Waals surface area contributed by atoms with Gasteiger partial charge in [0, 0.05) is 11.8 Å². The van der Waals surface area contributed by atoms with Crippen molar-refractivity contribution >= 4 is 5.78 Å². The summed E-state index contributed by atoms with van der Waals surface area (Å²) >= 11 is 0. The molecule has 0 amide bonds. The highest BCUT2D eigenvalue weighted by Gasteiger charge is 2.46. The van der Waals surface area contributed by atoms with E-state index in [1.165, 1.54) is 0 Å². The van der Waals surface area contributed by atoms with Gasteiger partial charge < -0.3 is 0 Å². The number of carbonyl (C=O) groups is 1. The quantitative estimate of drug-likeness (QED) is 0.539. The normalized spacial score (nSPS) is 40.8. The van der Waals surface area contributed by atoms with Crippen molar-refractivity contribution in [1.29, 1.82) is 0 Å². The minimum Gasteiger partial charge on any atom is -0.299 e. The molecular formula is C13H20O. The molecule has 0 bridgehead atoms. The van der Waals surface area contributed by atoms with Gasteiger partial charge in [0.25, 0.3) is 0 Å². The summed E-state index contributed by atoms with van der Waals surface area (Å²) in [6.45, 7) is 6.75. The molecule has 1 heteroatoms. The second-order valence-electron chi connectivity index (χ2n) is 5.65. The first-order chi connectivity index (χ1) is 6.52. The summed E-state index contributed by atoms with van der Waals surface area (Å²) in [4.78, 5) is 12.0. The minimum atomic E-state index is 0.276. The second kappa shape index (κ2) is 3.22. The van der Waals surface area contributed by atoms with E-state index in [0.29, 0.717) is 23.0 Å². The molecule has 14 heavy (non-hydrogen) atoms. The Morgan fingerprint density at radius 1 is 1.29 bits per heavy atom. The average molecular weight is 192 g/mol. The zero-order valence-electron chi connectivity index (χ0n) is 9.42. The highest BCUT2D eigenvalue weighted by atomic mass is 16.1. The SMILES string of the molecule is CC1CC(C)(C)[C@@H]2CC=CC[C@@H]2C1=O. The van der Waals surface area contributed by atoms with Crippen molar-refractivity contribution in [3.05, 3.63) is 12.2 Å². The predicted molar refractivity (Wildman–Crippen MR) is 57.9 cm³/mol. The molecule has 0 radical (unpaired) electrons. The van der Waals surface area contributed by atoms with E-state index < -0.39 is 0 Å². The third-order valence-electron chi connectivity index (χ3n) is 4.12. The van der Waals surface area contributed by atoms with Gasteiger partial charge in [-0.25, -0.2) is 0 Å². The van der Waals surface area contributed by atoms with Crippen LogP contribution < -0.4 is 0 Å². The molecule has 1 saturated carbocycles. The van der Waals surface area contributed by atoms with E-state index in [-0.39, 0.29) is 5.92 Å². The van der Waals surface area contributed by atoms with Crippen LogP contribution in [-0.2, 0) is 4.79 Å². The molecule has 1 nitrogen and oxygen atoms in total. The number of carbonyl (C=O) groups excluding carboxylic acids is 1. The lowest BCUT2D eigenvalue weighted by Gasteiger charge is -2.46. The van der Waals surface area contributed by atoms with Crippen molar-refractivity contribution in [3.63, 3.8) is 0 Å². The van der Waals surface area contributed by atoms with Crippen LogP contribution in [0.25, 0.3) is 0 Å². The number of allylic oxidation sites excluding steroid dienone is 2. The molecule has 0 aromatic heterocycles. The summed E-state index contributed by atoms with van der Waals surface area (Å²) in [5, 5.41) is 0. The fourth-order valence-corrected chi connectivity index (χ4v) is 3.40. The maximum absolute atomic E-state index is 12.0. The Kier molecular flexibility index (Phi) is 2.29. The topological polar surface area (TPSA) is 17.1 Å². The Morgan fingerprint density at radius 2 is 1.93 bits per heavy atom. The molecule has 1 unspecified atom stereocenters. The van der Waals surface area contributed by atoms with E-state index in [1.807, 2.05) is 0 Å². The van der Waals surface area contributed by atoms with Crippen molar-refractivity contribution in [1.82, 2.24) is 0 Å². The summed E-state index contributed by atoms with van der Waals surface area (Å²) in [7, 11) is 0. The van der Waals surface area contributed by atoms with Crippen molar-refractivity contribution < 1.29 is 4.79 Å². The summed E-state index contributed by atoms with van der Waals surface area (Å²) in [6.07, 6.45) is 7.60. The second-order valence-corrected chi connectivity index (χ2v) is 5.65.